The Kier molecular flexibility index (Phi) is 10.3. The fourth-order valence-corrected chi connectivity index (χ4v) is 4.15. The van der Waals surface area contributed by atoms with E-state index in [-0.39, 0.29) is 31.3 Å². The molecule has 0 aliphatic carbocycles. The summed E-state index contributed by atoms with van der Waals surface area (Å²) >= 11 is 6.13. The van der Waals surface area contributed by atoms with Gasteiger partial charge in [-0.1, -0.05) is 35.4 Å². The van der Waals surface area contributed by atoms with Crippen LogP contribution in [0.5, 0.6) is 0 Å². The van der Waals surface area contributed by atoms with Gasteiger partial charge in [-0.3, -0.25) is 14.6 Å². The number of hydrogen-bond acceptors (Lipinski definition) is 7. The lowest BCUT2D eigenvalue weighted by atomic mass is 9.98. The van der Waals surface area contributed by atoms with Crippen LogP contribution in [0.4, 0.5) is 4.79 Å². The van der Waals surface area contributed by atoms with Crippen molar-refractivity contribution in [1.29, 1.82) is 0 Å². The molecule has 2 aromatic rings. The fraction of sp³-hybridized carbons (Fsp3) is 0.333. The monoisotopic (exact) mass is 542 g/mol. The van der Waals surface area contributed by atoms with Crippen LogP contribution in [0.2, 0.25) is 5.02 Å². The van der Waals surface area contributed by atoms with Crippen LogP contribution in [0.15, 0.2) is 53.6 Å². The summed E-state index contributed by atoms with van der Waals surface area (Å²) in [5.74, 6) is -1.01. The van der Waals surface area contributed by atoms with Gasteiger partial charge in [0.05, 0.1) is 26.2 Å². The maximum atomic E-state index is 13.1. The van der Waals surface area contributed by atoms with Crippen molar-refractivity contribution in [2.45, 2.75) is 39.4 Å². The molecular weight excluding hydrogens is 512 g/mol. The Morgan fingerprint density at radius 3 is 2.47 bits per heavy atom. The third kappa shape index (κ3) is 7.80. The largest absolute Gasteiger partial charge is 0.465 e. The number of nitrogens with one attached hydrogen (secondary N) is 3. The molecule has 0 saturated heterocycles. The number of alkyl carbamates (subject to hydrolysis) is 1. The van der Waals surface area contributed by atoms with E-state index in [1.54, 1.807) is 36.4 Å². The number of amides is 3. The first-order valence-electron chi connectivity index (χ1n) is 12.0. The van der Waals surface area contributed by atoms with Crippen LogP contribution in [-0.2, 0) is 38.7 Å². The summed E-state index contributed by atoms with van der Waals surface area (Å²) in [7, 11) is 2.60. The van der Waals surface area contributed by atoms with Crippen molar-refractivity contribution in [2.75, 3.05) is 20.8 Å². The summed E-state index contributed by atoms with van der Waals surface area (Å²) in [5.41, 5.74) is 7.14. The molecule has 0 saturated carbocycles. The average Bonchev–Trinajstić information content (AvgIpc) is 2.92. The predicted molar refractivity (Wildman–Crippen MR) is 141 cm³/mol. The van der Waals surface area contributed by atoms with Crippen molar-refractivity contribution in [2.24, 2.45) is 0 Å². The molecule has 0 spiro atoms. The Morgan fingerprint density at radius 1 is 0.974 bits per heavy atom. The van der Waals surface area contributed by atoms with Gasteiger partial charge in [0.25, 0.3) is 5.91 Å². The van der Waals surface area contributed by atoms with Gasteiger partial charge in [0.2, 0.25) is 5.91 Å². The topological polar surface area (TPSA) is 126 Å². The van der Waals surface area contributed by atoms with E-state index in [4.69, 9.17) is 16.3 Å². The molecule has 11 heteroatoms. The molecule has 202 valence electrons. The summed E-state index contributed by atoms with van der Waals surface area (Å²) in [6.07, 6.45) is -0.0134. The lowest BCUT2D eigenvalue weighted by Gasteiger charge is -2.30. The summed E-state index contributed by atoms with van der Waals surface area (Å²) in [5, 5.41) is 7.44. The van der Waals surface area contributed by atoms with Gasteiger partial charge in [-0.15, -0.1) is 0 Å². The van der Waals surface area contributed by atoms with Gasteiger partial charge in [-0.05, 0) is 54.3 Å². The molecule has 0 radical (unpaired) electrons. The van der Waals surface area contributed by atoms with Gasteiger partial charge in [0, 0.05) is 36.8 Å². The predicted octanol–water partition coefficient (Wildman–Crippen LogP) is 3.24. The molecule has 0 bridgehead atoms. The number of esters is 1. The normalized spacial score (nSPS) is 13.3. The quantitative estimate of drug-likeness (QED) is 0.393. The summed E-state index contributed by atoms with van der Waals surface area (Å²) < 4.78 is 9.35. The minimum Gasteiger partial charge on any atom is -0.465 e. The molecule has 3 amide bonds. The fourth-order valence-electron chi connectivity index (χ4n) is 3.96. The van der Waals surface area contributed by atoms with E-state index < -0.39 is 12.1 Å². The molecule has 0 atom stereocenters. The van der Waals surface area contributed by atoms with Crippen molar-refractivity contribution in [3.63, 3.8) is 0 Å². The van der Waals surface area contributed by atoms with Crippen LogP contribution in [-0.4, -0.2) is 49.7 Å². The lowest BCUT2D eigenvalue weighted by molar-refractivity contribution is -0.132. The van der Waals surface area contributed by atoms with Crippen LogP contribution in [0.1, 0.15) is 46.8 Å². The number of hydrogen-bond donors (Lipinski definition) is 3. The molecule has 2 aromatic carbocycles. The summed E-state index contributed by atoms with van der Waals surface area (Å²) in [6.45, 7) is 3.03. The van der Waals surface area contributed by atoms with E-state index in [2.05, 4.69) is 20.8 Å². The zero-order valence-electron chi connectivity index (χ0n) is 21.6. The second-order valence-electron chi connectivity index (χ2n) is 8.70. The highest BCUT2D eigenvalue weighted by Gasteiger charge is 2.27. The standard InChI is InChI=1S/C27H31ClN4O6/c1-17-9-10-32(31-14-18-5-4-6-19(11-18)26(35)37-2)25(34)23(17)13-24(33)29-16-21-12-22(28)8-7-20(21)15-30-27(36)38-3/h4-8,11-12,31H,9-10,13-16H2,1-3H3,(H,29,33)(H,30,36). The molecule has 3 N–H and O–H groups in total. The second kappa shape index (κ2) is 13.6. The van der Waals surface area contributed by atoms with Crippen molar-refractivity contribution < 1.29 is 28.7 Å². The Morgan fingerprint density at radius 2 is 1.74 bits per heavy atom. The van der Waals surface area contributed by atoms with E-state index >= 15 is 0 Å². The zero-order chi connectivity index (χ0) is 27.7. The Hall–Kier alpha value is -3.89. The van der Waals surface area contributed by atoms with Crippen molar-refractivity contribution in [3.05, 3.63) is 80.9 Å². The number of carbonyl (C=O) groups is 4. The lowest BCUT2D eigenvalue weighted by Crippen LogP contribution is -2.46. The zero-order valence-corrected chi connectivity index (χ0v) is 22.3. The first kappa shape index (κ1) is 28.7. The first-order chi connectivity index (χ1) is 18.2. The number of hydrazine groups is 1. The number of halogens is 1. The number of nitrogens with zero attached hydrogens (tertiary/aromatic N) is 1. The number of benzene rings is 2. The van der Waals surface area contributed by atoms with Gasteiger partial charge in [-0.2, -0.15) is 0 Å². The van der Waals surface area contributed by atoms with E-state index in [9.17, 15) is 19.2 Å². The maximum Gasteiger partial charge on any atom is 0.407 e. The van der Waals surface area contributed by atoms with Crippen LogP contribution in [0.3, 0.4) is 0 Å². The Bertz CT molecular complexity index is 1250. The van der Waals surface area contributed by atoms with Gasteiger partial charge in [0.15, 0.2) is 0 Å². The van der Waals surface area contributed by atoms with E-state index in [1.807, 2.05) is 13.0 Å². The van der Waals surface area contributed by atoms with E-state index in [1.165, 1.54) is 19.2 Å². The molecule has 1 aliphatic heterocycles. The van der Waals surface area contributed by atoms with Crippen LogP contribution in [0, 0.1) is 0 Å². The third-order valence-electron chi connectivity index (χ3n) is 6.14. The number of rotatable bonds is 10. The second-order valence-corrected chi connectivity index (χ2v) is 9.14. The SMILES string of the molecule is COC(=O)NCc1ccc(Cl)cc1CNC(=O)CC1=C(C)CCN(NCc2cccc(C(=O)OC)c2)C1=O. The van der Waals surface area contributed by atoms with E-state index in [0.717, 1.165) is 22.3 Å². The smallest absolute Gasteiger partial charge is 0.407 e. The molecule has 10 nitrogen and oxygen atoms in total. The van der Waals surface area contributed by atoms with Crippen molar-refractivity contribution >= 4 is 35.5 Å². The van der Waals surface area contributed by atoms with Crippen LogP contribution >= 0.6 is 11.6 Å². The minimum atomic E-state index is -0.567. The van der Waals surface area contributed by atoms with Gasteiger partial charge in [0.1, 0.15) is 0 Å². The molecule has 0 fully saturated rings. The highest BCUT2D eigenvalue weighted by atomic mass is 35.5. The van der Waals surface area contributed by atoms with Crippen molar-refractivity contribution in [1.82, 2.24) is 21.1 Å². The Balaban J connectivity index is 1.59. The number of ether oxygens (including phenoxy) is 2. The minimum absolute atomic E-state index is 0.0724. The number of carbonyl (C=O) groups excluding carboxylic acids is 4. The highest BCUT2D eigenvalue weighted by molar-refractivity contribution is 6.30. The van der Waals surface area contributed by atoms with Crippen LogP contribution in [0.25, 0.3) is 0 Å². The average molecular weight is 543 g/mol. The molecular formula is C27H31ClN4O6. The summed E-state index contributed by atoms with van der Waals surface area (Å²) in [6, 6.07) is 12.1. The first-order valence-corrected chi connectivity index (χ1v) is 12.4. The Labute approximate surface area is 226 Å². The third-order valence-corrected chi connectivity index (χ3v) is 6.38. The molecule has 0 aromatic heterocycles. The number of methoxy groups -OCH3 is 2. The molecule has 3 rings (SSSR count). The molecule has 38 heavy (non-hydrogen) atoms. The maximum absolute atomic E-state index is 13.1. The van der Waals surface area contributed by atoms with E-state index in [0.29, 0.717) is 35.7 Å². The summed E-state index contributed by atoms with van der Waals surface area (Å²) in [4.78, 5) is 49.1. The van der Waals surface area contributed by atoms with Crippen LogP contribution < -0.4 is 16.1 Å². The van der Waals surface area contributed by atoms with Gasteiger partial charge < -0.3 is 20.1 Å². The van der Waals surface area contributed by atoms with Crippen molar-refractivity contribution in [3.8, 4) is 0 Å². The highest BCUT2D eigenvalue weighted by Crippen LogP contribution is 2.21. The van der Waals surface area contributed by atoms with Gasteiger partial charge in [-0.25, -0.2) is 15.0 Å². The van der Waals surface area contributed by atoms with Gasteiger partial charge >= 0.3 is 12.1 Å². The molecule has 1 heterocycles. The molecule has 1 aliphatic rings. The molecule has 0 unspecified atom stereocenters.